The number of carbonyl (C=O) groups excluding carboxylic acids is 1. The van der Waals surface area contributed by atoms with Crippen molar-refractivity contribution in [2.24, 2.45) is 0 Å². The van der Waals surface area contributed by atoms with Crippen LogP contribution in [-0.2, 0) is 6.42 Å². The number of aryl methyl sites for hydroxylation is 1. The zero-order chi connectivity index (χ0) is 13.0. The van der Waals surface area contributed by atoms with E-state index in [1.54, 1.807) is 12.4 Å². The number of rotatable bonds is 4. The van der Waals surface area contributed by atoms with Gasteiger partial charge in [-0.1, -0.05) is 6.92 Å². The molecule has 0 spiro atoms. The maximum atomic E-state index is 11.9. The van der Waals surface area contributed by atoms with Crippen LogP contribution in [0.1, 0.15) is 41.9 Å². The second-order valence-electron chi connectivity index (χ2n) is 3.93. The molecule has 0 saturated carbocycles. The van der Waals surface area contributed by atoms with Crippen molar-refractivity contribution in [3.63, 3.8) is 0 Å². The molecule has 0 saturated heterocycles. The van der Waals surface area contributed by atoms with Crippen molar-refractivity contribution in [2.75, 3.05) is 0 Å². The second kappa shape index (κ2) is 5.39. The molecule has 0 radical (unpaired) electrons. The largest absolute Gasteiger partial charge is 0.343 e. The summed E-state index contributed by atoms with van der Waals surface area (Å²) in [5, 5.41) is 9.43. The Morgan fingerprint density at radius 1 is 1.44 bits per heavy atom. The van der Waals surface area contributed by atoms with Gasteiger partial charge in [0.1, 0.15) is 5.82 Å². The summed E-state index contributed by atoms with van der Waals surface area (Å²) in [6, 6.07) is 3.62. The fourth-order valence-corrected chi connectivity index (χ4v) is 1.55. The van der Waals surface area contributed by atoms with E-state index in [9.17, 15) is 4.79 Å². The van der Waals surface area contributed by atoms with Crippen LogP contribution in [0.5, 0.6) is 0 Å². The molecule has 94 valence electrons. The van der Waals surface area contributed by atoms with Crippen LogP contribution < -0.4 is 5.32 Å². The topological polar surface area (TPSA) is 83.6 Å². The first kappa shape index (κ1) is 12.2. The summed E-state index contributed by atoms with van der Waals surface area (Å²) >= 11 is 0. The van der Waals surface area contributed by atoms with Crippen molar-refractivity contribution in [1.29, 1.82) is 0 Å². The van der Waals surface area contributed by atoms with Crippen LogP contribution in [0.3, 0.4) is 0 Å². The van der Waals surface area contributed by atoms with Gasteiger partial charge in [0.15, 0.2) is 0 Å². The molecular weight excluding hydrogens is 230 g/mol. The number of aromatic amines is 1. The van der Waals surface area contributed by atoms with Crippen LogP contribution in [0.25, 0.3) is 0 Å². The molecule has 0 aromatic carbocycles. The molecule has 2 rings (SSSR count). The van der Waals surface area contributed by atoms with Crippen LogP contribution >= 0.6 is 0 Å². The van der Waals surface area contributed by atoms with Crippen LogP contribution in [0.4, 0.5) is 0 Å². The highest BCUT2D eigenvalue weighted by Crippen LogP contribution is 2.10. The van der Waals surface area contributed by atoms with Crippen LogP contribution in [0.2, 0.25) is 0 Å². The molecule has 0 aliphatic carbocycles. The molecule has 1 atom stereocenters. The summed E-state index contributed by atoms with van der Waals surface area (Å²) < 4.78 is 0. The summed E-state index contributed by atoms with van der Waals surface area (Å²) in [5.74, 6) is 0.597. The molecule has 0 fully saturated rings. The van der Waals surface area contributed by atoms with E-state index in [1.807, 2.05) is 26.0 Å². The highest BCUT2D eigenvalue weighted by Gasteiger charge is 2.15. The number of H-pyrrole nitrogens is 1. The van der Waals surface area contributed by atoms with Gasteiger partial charge >= 0.3 is 0 Å². The molecular formula is C12H15N5O. The van der Waals surface area contributed by atoms with E-state index in [4.69, 9.17) is 0 Å². The van der Waals surface area contributed by atoms with Gasteiger partial charge < -0.3 is 5.32 Å². The molecule has 2 aromatic heterocycles. The lowest BCUT2D eigenvalue weighted by atomic mass is 10.1. The maximum absolute atomic E-state index is 11.9. The summed E-state index contributed by atoms with van der Waals surface area (Å²) in [4.78, 5) is 19.9. The lowest BCUT2D eigenvalue weighted by Gasteiger charge is -2.12. The van der Waals surface area contributed by atoms with Crippen LogP contribution in [-0.4, -0.2) is 26.1 Å². The van der Waals surface area contributed by atoms with Gasteiger partial charge in [0.25, 0.3) is 5.91 Å². The van der Waals surface area contributed by atoms with Gasteiger partial charge in [-0.3, -0.25) is 14.9 Å². The molecule has 2 heterocycles. The van der Waals surface area contributed by atoms with Crippen LogP contribution in [0, 0.1) is 0 Å². The molecule has 6 heteroatoms. The predicted octanol–water partition coefficient (Wildman–Crippen LogP) is 1.25. The van der Waals surface area contributed by atoms with E-state index >= 15 is 0 Å². The molecule has 0 aliphatic heterocycles. The first-order valence-electron chi connectivity index (χ1n) is 5.82. The zero-order valence-corrected chi connectivity index (χ0v) is 10.3. The van der Waals surface area contributed by atoms with Gasteiger partial charge in [0.2, 0.25) is 5.82 Å². The number of carbonyl (C=O) groups is 1. The zero-order valence-electron chi connectivity index (χ0n) is 10.3. The van der Waals surface area contributed by atoms with Gasteiger partial charge in [-0.25, -0.2) is 4.98 Å². The molecule has 2 N–H and O–H groups in total. The summed E-state index contributed by atoms with van der Waals surface area (Å²) in [7, 11) is 0. The molecule has 0 aliphatic rings. The van der Waals surface area contributed by atoms with Crippen LogP contribution in [0.15, 0.2) is 24.5 Å². The maximum Gasteiger partial charge on any atom is 0.291 e. The molecule has 1 amide bonds. The van der Waals surface area contributed by atoms with E-state index in [0.29, 0.717) is 5.82 Å². The van der Waals surface area contributed by atoms with Crippen molar-refractivity contribution in [3.8, 4) is 0 Å². The van der Waals surface area contributed by atoms with Gasteiger partial charge in [0, 0.05) is 18.8 Å². The Balaban J connectivity index is 2.03. The van der Waals surface area contributed by atoms with Gasteiger partial charge in [0.05, 0.1) is 6.04 Å². The average molecular weight is 245 g/mol. The smallest absolute Gasteiger partial charge is 0.291 e. The molecule has 0 bridgehead atoms. The monoisotopic (exact) mass is 245 g/mol. The minimum Gasteiger partial charge on any atom is -0.343 e. The first-order valence-corrected chi connectivity index (χ1v) is 5.82. The summed E-state index contributed by atoms with van der Waals surface area (Å²) in [6.07, 6.45) is 4.11. The van der Waals surface area contributed by atoms with Gasteiger partial charge in [-0.2, -0.15) is 0 Å². The number of aromatic nitrogens is 4. The van der Waals surface area contributed by atoms with Crippen molar-refractivity contribution >= 4 is 5.91 Å². The number of hydrogen-bond donors (Lipinski definition) is 2. The normalized spacial score (nSPS) is 12.1. The Bertz CT molecular complexity index is 522. The Labute approximate surface area is 105 Å². The number of nitrogens with zero attached hydrogens (tertiary/aromatic N) is 3. The fraction of sp³-hybridized carbons (Fsp3) is 0.333. The predicted molar refractivity (Wildman–Crippen MR) is 65.9 cm³/mol. The quantitative estimate of drug-likeness (QED) is 0.849. The Kier molecular flexibility index (Phi) is 3.66. The van der Waals surface area contributed by atoms with E-state index in [1.165, 1.54) is 0 Å². The number of nitrogens with one attached hydrogen (secondary N) is 2. The van der Waals surface area contributed by atoms with Crippen molar-refractivity contribution in [2.45, 2.75) is 26.3 Å². The molecule has 18 heavy (non-hydrogen) atoms. The van der Waals surface area contributed by atoms with Gasteiger partial charge in [-0.05, 0) is 24.6 Å². The van der Waals surface area contributed by atoms with E-state index < -0.39 is 0 Å². The number of hydrogen-bond acceptors (Lipinski definition) is 4. The highest BCUT2D eigenvalue weighted by molar-refractivity contribution is 5.90. The standard InChI is InChI=1S/C12H15N5O/c1-3-10-15-11(17-16-10)12(18)14-8(2)9-4-6-13-7-5-9/h4-8H,3H2,1-2H3,(H,14,18)(H,15,16,17). The Hall–Kier alpha value is -2.24. The Morgan fingerprint density at radius 2 is 2.17 bits per heavy atom. The first-order chi connectivity index (χ1) is 8.70. The lowest BCUT2D eigenvalue weighted by Crippen LogP contribution is -2.27. The second-order valence-corrected chi connectivity index (χ2v) is 3.93. The number of pyridine rings is 1. The minimum absolute atomic E-state index is 0.107. The van der Waals surface area contributed by atoms with E-state index in [-0.39, 0.29) is 17.8 Å². The average Bonchev–Trinajstić information content (AvgIpc) is 2.88. The van der Waals surface area contributed by atoms with Crippen molar-refractivity contribution in [1.82, 2.24) is 25.5 Å². The minimum atomic E-state index is -0.282. The third-order valence-corrected chi connectivity index (χ3v) is 2.62. The summed E-state index contributed by atoms with van der Waals surface area (Å²) in [6.45, 7) is 3.85. The molecule has 2 aromatic rings. The van der Waals surface area contributed by atoms with Gasteiger partial charge in [-0.15, -0.1) is 5.10 Å². The molecule has 1 unspecified atom stereocenters. The van der Waals surface area contributed by atoms with Crippen molar-refractivity contribution < 1.29 is 4.79 Å². The lowest BCUT2D eigenvalue weighted by molar-refractivity contribution is 0.0929. The Morgan fingerprint density at radius 3 is 2.78 bits per heavy atom. The SMILES string of the molecule is CCc1nc(C(=O)NC(C)c2ccncc2)n[nH]1. The fourth-order valence-electron chi connectivity index (χ4n) is 1.55. The highest BCUT2D eigenvalue weighted by atomic mass is 16.2. The summed E-state index contributed by atoms with van der Waals surface area (Å²) in [5.41, 5.74) is 0.990. The third kappa shape index (κ3) is 2.71. The molecule has 6 nitrogen and oxygen atoms in total. The van der Waals surface area contributed by atoms with Crippen molar-refractivity contribution in [3.05, 3.63) is 41.7 Å². The number of amides is 1. The van der Waals surface area contributed by atoms with E-state index in [0.717, 1.165) is 12.0 Å². The van der Waals surface area contributed by atoms with E-state index in [2.05, 4.69) is 25.5 Å². The third-order valence-electron chi connectivity index (χ3n) is 2.62.